The van der Waals surface area contributed by atoms with Crippen molar-refractivity contribution < 1.29 is 4.39 Å². The Balaban J connectivity index is 2.17. The molecule has 0 atom stereocenters. The van der Waals surface area contributed by atoms with Crippen LogP contribution in [0.4, 0.5) is 16.2 Å². The molecule has 0 bridgehead atoms. The molecule has 2 aromatic heterocycles. The Hall–Kier alpha value is -2.18. The van der Waals surface area contributed by atoms with Crippen molar-refractivity contribution in [3.63, 3.8) is 0 Å². The third-order valence-electron chi connectivity index (χ3n) is 2.60. The predicted octanol–water partition coefficient (Wildman–Crippen LogP) is 1.42. The maximum Gasteiger partial charge on any atom is 0.224 e. The number of hydrogen-bond donors (Lipinski definition) is 1. The van der Waals surface area contributed by atoms with Crippen LogP contribution < -0.4 is 10.2 Å². The van der Waals surface area contributed by atoms with Crippen LogP contribution in [0.3, 0.4) is 0 Å². The Labute approximate surface area is 111 Å². The van der Waals surface area contributed by atoms with E-state index in [2.05, 4.69) is 20.4 Å². The molecule has 0 aromatic carbocycles. The van der Waals surface area contributed by atoms with Gasteiger partial charge in [0.25, 0.3) is 0 Å². The van der Waals surface area contributed by atoms with Crippen LogP contribution in [-0.2, 0) is 13.6 Å². The molecule has 0 aliphatic carbocycles. The molecule has 102 valence electrons. The quantitative estimate of drug-likeness (QED) is 0.885. The van der Waals surface area contributed by atoms with Crippen LogP contribution >= 0.6 is 0 Å². The van der Waals surface area contributed by atoms with Gasteiger partial charge < -0.3 is 10.2 Å². The van der Waals surface area contributed by atoms with Gasteiger partial charge in [-0.05, 0) is 6.92 Å². The third kappa shape index (κ3) is 3.18. The molecule has 0 unspecified atom stereocenters. The number of nitrogens with one attached hydrogen (secondary N) is 1. The highest BCUT2D eigenvalue weighted by molar-refractivity contribution is 5.43. The second-order valence-corrected chi connectivity index (χ2v) is 4.27. The maximum atomic E-state index is 13.8. The lowest BCUT2D eigenvalue weighted by atomic mass is 10.3. The van der Waals surface area contributed by atoms with E-state index in [-0.39, 0.29) is 5.82 Å². The van der Waals surface area contributed by atoms with E-state index < -0.39 is 5.82 Å². The molecule has 2 heterocycles. The van der Waals surface area contributed by atoms with Crippen molar-refractivity contribution in [2.75, 3.05) is 23.8 Å². The molecule has 19 heavy (non-hydrogen) atoms. The Morgan fingerprint density at radius 3 is 2.84 bits per heavy atom. The highest BCUT2D eigenvalue weighted by Crippen LogP contribution is 2.17. The molecule has 0 saturated carbocycles. The SMILES string of the molecule is CCNc1ncc(F)c(N(C)Cc2cnn(C)c2)n1. The summed E-state index contributed by atoms with van der Waals surface area (Å²) in [4.78, 5) is 9.78. The van der Waals surface area contributed by atoms with Crippen molar-refractivity contribution in [2.24, 2.45) is 7.05 Å². The molecule has 0 radical (unpaired) electrons. The van der Waals surface area contributed by atoms with Crippen LogP contribution in [0.5, 0.6) is 0 Å². The zero-order valence-electron chi connectivity index (χ0n) is 11.3. The smallest absolute Gasteiger partial charge is 0.224 e. The zero-order chi connectivity index (χ0) is 13.8. The van der Waals surface area contributed by atoms with Gasteiger partial charge in [-0.1, -0.05) is 0 Å². The van der Waals surface area contributed by atoms with Gasteiger partial charge in [0, 0.05) is 38.9 Å². The van der Waals surface area contributed by atoms with E-state index in [4.69, 9.17) is 0 Å². The first-order valence-electron chi connectivity index (χ1n) is 6.05. The first-order valence-corrected chi connectivity index (χ1v) is 6.05. The Morgan fingerprint density at radius 2 is 2.21 bits per heavy atom. The highest BCUT2D eigenvalue weighted by Gasteiger charge is 2.12. The summed E-state index contributed by atoms with van der Waals surface area (Å²) in [5.41, 5.74) is 0.994. The minimum Gasteiger partial charge on any atom is -0.354 e. The maximum absolute atomic E-state index is 13.8. The minimum absolute atomic E-state index is 0.273. The average Bonchev–Trinajstić information content (AvgIpc) is 2.77. The van der Waals surface area contributed by atoms with Crippen molar-refractivity contribution in [2.45, 2.75) is 13.5 Å². The molecule has 0 aliphatic heterocycles. The number of anilines is 2. The van der Waals surface area contributed by atoms with Crippen molar-refractivity contribution in [3.05, 3.63) is 30.0 Å². The van der Waals surface area contributed by atoms with Crippen LogP contribution in [0.25, 0.3) is 0 Å². The van der Waals surface area contributed by atoms with Crippen LogP contribution in [0.1, 0.15) is 12.5 Å². The number of aromatic nitrogens is 4. The van der Waals surface area contributed by atoms with Gasteiger partial charge in [0.1, 0.15) is 0 Å². The lowest BCUT2D eigenvalue weighted by molar-refractivity contribution is 0.607. The number of halogens is 1. The second-order valence-electron chi connectivity index (χ2n) is 4.27. The molecule has 7 heteroatoms. The monoisotopic (exact) mass is 264 g/mol. The Morgan fingerprint density at radius 1 is 1.42 bits per heavy atom. The molecule has 0 aliphatic rings. The van der Waals surface area contributed by atoms with Crippen molar-refractivity contribution in [1.82, 2.24) is 19.7 Å². The fourth-order valence-corrected chi connectivity index (χ4v) is 1.77. The first-order chi connectivity index (χ1) is 9.10. The van der Waals surface area contributed by atoms with Crippen molar-refractivity contribution >= 4 is 11.8 Å². The van der Waals surface area contributed by atoms with E-state index in [9.17, 15) is 4.39 Å². The summed E-state index contributed by atoms with van der Waals surface area (Å²) in [6, 6.07) is 0. The van der Waals surface area contributed by atoms with Gasteiger partial charge in [-0.2, -0.15) is 10.1 Å². The van der Waals surface area contributed by atoms with E-state index in [0.717, 1.165) is 5.56 Å². The van der Waals surface area contributed by atoms with E-state index in [1.54, 1.807) is 22.8 Å². The zero-order valence-corrected chi connectivity index (χ0v) is 11.3. The molecule has 0 spiro atoms. The molecule has 6 nitrogen and oxygen atoms in total. The summed E-state index contributed by atoms with van der Waals surface area (Å²) < 4.78 is 15.5. The summed E-state index contributed by atoms with van der Waals surface area (Å²) in [6.07, 6.45) is 4.82. The van der Waals surface area contributed by atoms with Crippen LogP contribution in [0.15, 0.2) is 18.6 Å². The molecular formula is C12H17FN6. The normalized spacial score (nSPS) is 10.5. The molecule has 0 saturated heterocycles. The van der Waals surface area contributed by atoms with Crippen molar-refractivity contribution in [1.29, 1.82) is 0 Å². The van der Waals surface area contributed by atoms with E-state index in [0.29, 0.717) is 19.0 Å². The molecule has 0 fully saturated rings. The summed E-state index contributed by atoms with van der Waals surface area (Å²) in [7, 11) is 3.63. The second kappa shape index (κ2) is 5.64. The average molecular weight is 264 g/mol. The Bertz CT molecular complexity index is 553. The lowest BCUT2D eigenvalue weighted by Crippen LogP contribution is -2.20. The van der Waals surface area contributed by atoms with Crippen LogP contribution in [-0.4, -0.2) is 33.3 Å². The molecule has 0 amide bonds. The number of aryl methyl sites for hydroxylation is 1. The summed E-state index contributed by atoms with van der Waals surface area (Å²) in [6.45, 7) is 3.16. The van der Waals surface area contributed by atoms with E-state index in [1.807, 2.05) is 20.2 Å². The molecule has 2 aromatic rings. The number of nitrogens with zero attached hydrogens (tertiary/aromatic N) is 5. The van der Waals surface area contributed by atoms with Gasteiger partial charge in [0.2, 0.25) is 5.95 Å². The number of rotatable bonds is 5. The standard InChI is InChI=1S/C12H17FN6/c1-4-14-12-15-6-10(13)11(17-12)18(2)7-9-5-16-19(3)8-9/h5-6,8H,4,7H2,1-3H3,(H,14,15,17). The summed E-state index contributed by atoms with van der Waals surface area (Å²) in [5.74, 6) is 0.264. The van der Waals surface area contributed by atoms with Gasteiger partial charge in [0.05, 0.1) is 12.4 Å². The first kappa shape index (κ1) is 13.3. The van der Waals surface area contributed by atoms with Gasteiger partial charge in [-0.3, -0.25) is 4.68 Å². The van der Waals surface area contributed by atoms with Crippen LogP contribution in [0.2, 0.25) is 0 Å². The molecular weight excluding hydrogens is 247 g/mol. The van der Waals surface area contributed by atoms with Gasteiger partial charge in [0.15, 0.2) is 11.6 Å². The number of hydrogen-bond acceptors (Lipinski definition) is 5. The van der Waals surface area contributed by atoms with Gasteiger partial charge in [-0.15, -0.1) is 0 Å². The fourth-order valence-electron chi connectivity index (χ4n) is 1.77. The van der Waals surface area contributed by atoms with Crippen LogP contribution in [0, 0.1) is 5.82 Å². The van der Waals surface area contributed by atoms with Crippen molar-refractivity contribution in [3.8, 4) is 0 Å². The highest BCUT2D eigenvalue weighted by atomic mass is 19.1. The van der Waals surface area contributed by atoms with Gasteiger partial charge in [-0.25, -0.2) is 9.37 Å². The van der Waals surface area contributed by atoms with E-state index in [1.165, 1.54) is 6.20 Å². The lowest BCUT2D eigenvalue weighted by Gasteiger charge is -2.18. The third-order valence-corrected chi connectivity index (χ3v) is 2.60. The topological polar surface area (TPSA) is 58.9 Å². The van der Waals surface area contributed by atoms with Gasteiger partial charge >= 0.3 is 0 Å². The fraction of sp³-hybridized carbons (Fsp3) is 0.417. The predicted molar refractivity (Wildman–Crippen MR) is 71.5 cm³/mol. The molecule has 2 rings (SSSR count). The molecule has 1 N–H and O–H groups in total. The Kier molecular flexibility index (Phi) is 3.94. The largest absolute Gasteiger partial charge is 0.354 e. The minimum atomic E-state index is -0.437. The van der Waals surface area contributed by atoms with E-state index >= 15 is 0 Å². The summed E-state index contributed by atoms with van der Waals surface area (Å²) >= 11 is 0. The summed E-state index contributed by atoms with van der Waals surface area (Å²) in [5, 5.41) is 7.05.